The second-order valence-electron chi connectivity index (χ2n) is 3.34. The predicted molar refractivity (Wildman–Crippen MR) is 68.1 cm³/mol. The van der Waals surface area contributed by atoms with Gasteiger partial charge in [0, 0.05) is 16.5 Å². The summed E-state index contributed by atoms with van der Waals surface area (Å²) in [6, 6.07) is 5.22. The van der Waals surface area contributed by atoms with Crippen LogP contribution in [0.1, 0.15) is 17.3 Å². The number of carbonyl (C=O) groups excluding carboxylic acids is 1. The normalized spacial score (nSPS) is 12.2. The van der Waals surface area contributed by atoms with Gasteiger partial charge in [-0.2, -0.15) is 0 Å². The smallest absolute Gasteiger partial charge is 0.339 e. The van der Waals surface area contributed by atoms with Gasteiger partial charge < -0.3 is 9.47 Å². The SMILES string of the molecule is COCC(C)OC(=O)c1cc(S)ccc1Br. The summed E-state index contributed by atoms with van der Waals surface area (Å²) >= 11 is 7.47. The minimum absolute atomic E-state index is 0.270. The number of thiol groups is 1. The molecule has 1 aromatic carbocycles. The van der Waals surface area contributed by atoms with Crippen molar-refractivity contribution >= 4 is 34.5 Å². The Labute approximate surface area is 109 Å². The van der Waals surface area contributed by atoms with E-state index in [1.54, 1.807) is 32.2 Å². The van der Waals surface area contributed by atoms with Crippen molar-refractivity contribution in [2.24, 2.45) is 0 Å². The maximum absolute atomic E-state index is 11.8. The Balaban J connectivity index is 2.76. The lowest BCUT2D eigenvalue weighted by molar-refractivity contribution is 0.0119. The summed E-state index contributed by atoms with van der Waals surface area (Å²) in [5, 5.41) is 0. The number of rotatable bonds is 4. The predicted octanol–water partition coefficient (Wildman–Crippen LogP) is 2.93. The van der Waals surface area contributed by atoms with E-state index in [1.165, 1.54) is 0 Å². The van der Waals surface area contributed by atoms with Crippen molar-refractivity contribution in [3.63, 3.8) is 0 Å². The molecule has 1 unspecified atom stereocenters. The van der Waals surface area contributed by atoms with Gasteiger partial charge in [0.05, 0.1) is 12.2 Å². The van der Waals surface area contributed by atoms with Crippen molar-refractivity contribution in [1.29, 1.82) is 0 Å². The van der Waals surface area contributed by atoms with E-state index in [1.807, 2.05) is 0 Å². The zero-order chi connectivity index (χ0) is 12.1. The highest BCUT2D eigenvalue weighted by Gasteiger charge is 2.15. The third kappa shape index (κ3) is 3.81. The van der Waals surface area contributed by atoms with E-state index in [2.05, 4.69) is 28.6 Å². The van der Waals surface area contributed by atoms with Crippen LogP contribution in [0, 0.1) is 0 Å². The highest BCUT2D eigenvalue weighted by Crippen LogP contribution is 2.21. The molecule has 1 rings (SSSR count). The van der Waals surface area contributed by atoms with Crippen LogP contribution in [-0.2, 0) is 9.47 Å². The van der Waals surface area contributed by atoms with Crippen molar-refractivity contribution < 1.29 is 14.3 Å². The van der Waals surface area contributed by atoms with E-state index < -0.39 is 0 Å². The summed E-state index contributed by atoms with van der Waals surface area (Å²) in [6.45, 7) is 2.16. The van der Waals surface area contributed by atoms with E-state index in [0.29, 0.717) is 16.6 Å². The van der Waals surface area contributed by atoms with Crippen LogP contribution in [0.5, 0.6) is 0 Å². The van der Waals surface area contributed by atoms with E-state index in [4.69, 9.17) is 9.47 Å². The van der Waals surface area contributed by atoms with Gasteiger partial charge in [-0.1, -0.05) is 0 Å². The molecule has 5 heteroatoms. The first-order valence-electron chi connectivity index (χ1n) is 4.73. The Morgan fingerprint density at radius 1 is 1.56 bits per heavy atom. The number of methoxy groups -OCH3 is 1. The fourth-order valence-electron chi connectivity index (χ4n) is 1.18. The number of ether oxygens (including phenoxy) is 2. The largest absolute Gasteiger partial charge is 0.457 e. The van der Waals surface area contributed by atoms with Gasteiger partial charge in [0.2, 0.25) is 0 Å². The van der Waals surface area contributed by atoms with Crippen LogP contribution in [0.3, 0.4) is 0 Å². The Morgan fingerprint density at radius 3 is 2.88 bits per heavy atom. The summed E-state index contributed by atoms with van der Waals surface area (Å²) in [5.41, 5.74) is 0.468. The first-order valence-corrected chi connectivity index (χ1v) is 5.97. The van der Waals surface area contributed by atoms with Crippen molar-refractivity contribution in [3.05, 3.63) is 28.2 Å². The molecule has 0 aliphatic heterocycles. The molecule has 0 aromatic heterocycles. The minimum atomic E-state index is -0.382. The third-order valence-electron chi connectivity index (χ3n) is 1.88. The average molecular weight is 305 g/mol. The number of carbonyl (C=O) groups is 1. The molecule has 0 bridgehead atoms. The molecular weight excluding hydrogens is 292 g/mol. The monoisotopic (exact) mass is 304 g/mol. The van der Waals surface area contributed by atoms with Gasteiger partial charge in [0.15, 0.2) is 0 Å². The van der Waals surface area contributed by atoms with Gasteiger partial charge in [0.1, 0.15) is 6.10 Å². The number of benzene rings is 1. The zero-order valence-electron chi connectivity index (χ0n) is 9.07. The highest BCUT2D eigenvalue weighted by atomic mass is 79.9. The lowest BCUT2D eigenvalue weighted by atomic mass is 10.2. The topological polar surface area (TPSA) is 35.5 Å². The van der Waals surface area contributed by atoms with Gasteiger partial charge in [0.25, 0.3) is 0 Å². The van der Waals surface area contributed by atoms with Gasteiger partial charge in [-0.25, -0.2) is 4.79 Å². The van der Waals surface area contributed by atoms with Crippen molar-refractivity contribution in [1.82, 2.24) is 0 Å². The molecule has 0 aliphatic carbocycles. The summed E-state index contributed by atoms with van der Waals surface area (Å²) in [5.74, 6) is -0.382. The van der Waals surface area contributed by atoms with Crippen LogP contribution in [0.25, 0.3) is 0 Å². The average Bonchev–Trinajstić information content (AvgIpc) is 2.21. The lowest BCUT2D eigenvalue weighted by Gasteiger charge is -2.13. The molecule has 0 saturated heterocycles. The van der Waals surface area contributed by atoms with Crippen LogP contribution in [0.2, 0.25) is 0 Å². The molecule has 88 valence electrons. The Hall–Kier alpha value is -0.520. The molecule has 1 atom stereocenters. The minimum Gasteiger partial charge on any atom is -0.457 e. The Kier molecular flexibility index (Phi) is 5.31. The maximum Gasteiger partial charge on any atom is 0.339 e. The molecule has 16 heavy (non-hydrogen) atoms. The Bertz CT molecular complexity index is 381. The number of halogens is 1. The highest BCUT2D eigenvalue weighted by molar-refractivity contribution is 9.10. The first kappa shape index (κ1) is 13.5. The van der Waals surface area contributed by atoms with Crippen LogP contribution in [-0.4, -0.2) is 25.8 Å². The van der Waals surface area contributed by atoms with Crippen LogP contribution < -0.4 is 0 Å². The third-order valence-corrected chi connectivity index (χ3v) is 2.85. The maximum atomic E-state index is 11.8. The standard InChI is InChI=1S/C11H13BrO3S/c1-7(6-14-2)15-11(13)9-5-8(16)3-4-10(9)12/h3-5,7,16H,6H2,1-2H3. The van der Waals surface area contributed by atoms with Crippen molar-refractivity contribution in [3.8, 4) is 0 Å². The fraction of sp³-hybridized carbons (Fsp3) is 0.364. The molecule has 1 aromatic rings. The molecule has 0 aliphatic rings. The summed E-state index contributed by atoms with van der Waals surface area (Å²) in [6.07, 6.45) is -0.270. The summed E-state index contributed by atoms with van der Waals surface area (Å²) < 4.78 is 10.8. The summed E-state index contributed by atoms with van der Waals surface area (Å²) in [4.78, 5) is 12.5. The molecule has 3 nitrogen and oxygen atoms in total. The molecule has 0 amide bonds. The first-order chi connectivity index (χ1) is 7.54. The van der Waals surface area contributed by atoms with E-state index >= 15 is 0 Å². The molecular formula is C11H13BrO3S. The van der Waals surface area contributed by atoms with Crippen LogP contribution in [0.4, 0.5) is 0 Å². The molecule has 0 saturated carbocycles. The van der Waals surface area contributed by atoms with Crippen LogP contribution >= 0.6 is 28.6 Å². The van der Waals surface area contributed by atoms with Gasteiger partial charge in [-0.3, -0.25) is 0 Å². The van der Waals surface area contributed by atoms with Crippen molar-refractivity contribution in [2.75, 3.05) is 13.7 Å². The zero-order valence-corrected chi connectivity index (χ0v) is 11.5. The van der Waals surface area contributed by atoms with Crippen LogP contribution in [0.15, 0.2) is 27.6 Å². The molecule has 0 spiro atoms. The van der Waals surface area contributed by atoms with Gasteiger partial charge in [-0.05, 0) is 41.1 Å². The Morgan fingerprint density at radius 2 is 2.25 bits per heavy atom. The second-order valence-corrected chi connectivity index (χ2v) is 4.71. The molecule has 0 fully saturated rings. The van der Waals surface area contributed by atoms with E-state index in [9.17, 15) is 4.79 Å². The number of hydrogen-bond acceptors (Lipinski definition) is 4. The summed E-state index contributed by atoms with van der Waals surface area (Å²) in [7, 11) is 1.56. The molecule has 0 heterocycles. The van der Waals surface area contributed by atoms with Crippen molar-refractivity contribution in [2.45, 2.75) is 17.9 Å². The number of hydrogen-bond donors (Lipinski definition) is 1. The van der Waals surface area contributed by atoms with Gasteiger partial charge in [-0.15, -0.1) is 12.6 Å². The lowest BCUT2D eigenvalue weighted by Crippen LogP contribution is -2.19. The molecule has 0 radical (unpaired) electrons. The molecule has 0 N–H and O–H groups in total. The second kappa shape index (κ2) is 6.27. The van der Waals surface area contributed by atoms with Gasteiger partial charge >= 0.3 is 5.97 Å². The number of esters is 1. The quantitative estimate of drug-likeness (QED) is 0.686. The van der Waals surface area contributed by atoms with E-state index in [-0.39, 0.29) is 12.1 Å². The fourth-order valence-corrected chi connectivity index (χ4v) is 1.80. The van der Waals surface area contributed by atoms with E-state index in [0.717, 1.165) is 4.90 Å².